The molecule has 6 heteroatoms. The number of hydrogen-bond acceptors (Lipinski definition) is 4. The van der Waals surface area contributed by atoms with Crippen molar-refractivity contribution in [2.75, 3.05) is 0 Å². The van der Waals surface area contributed by atoms with Crippen molar-refractivity contribution in [2.24, 2.45) is 11.3 Å². The molecule has 0 saturated heterocycles. The highest BCUT2D eigenvalue weighted by Gasteiger charge is 2.31. The van der Waals surface area contributed by atoms with Gasteiger partial charge >= 0.3 is 0 Å². The van der Waals surface area contributed by atoms with E-state index in [1.54, 1.807) is 11.3 Å². The standard InChI is InChI=1S/C25H31N3O2S/c1-15-7-5-6-8-16(15)14-26-21(29)12-11-20-27-23(30)22-18-10-9-17(25(2,3)4)13-19(18)31-24(22)28-20/h5-8,17H,9-14H2,1-4H3,(H,26,29)(H,27,28,30). The molecule has 0 bridgehead atoms. The van der Waals surface area contributed by atoms with Crippen molar-refractivity contribution in [3.8, 4) is 0 Å². The van der Waals surface area contributed by atoms with E-state index in [4.69, 9.17) is 4.98 Å². The molecule has 0 spiro atoms. The van der Waals surface area contributed by atoms with E-state index in [0.29, 0.717) is 31.1 Å². The van der Waals surface area contributed by atoms with Crippen LogP contribution in [0, 0.1) is 18.3 Å². The molecule has 0 aliphatic heterocycles. The van der Waals surface area contributed by atoms with Crippen LogP contribution in [0.1, 0.15) is 61.0 Å². The van der Waals surface area contributed by atoms with Crippen LogP contribution in [-0.2, 0) is 30.6 Å². The molecule has 164 valence electrons. The molecule has 31 heavy (non-hydrogen) atoms. The minimum atomic E-state index is -0.0629. The molecule has 4 rings (SSSR count). The fraction of sp³-hybridized carbons (Fsp3) is 0.480. The lowest BCUT2D eigenvalue weighted by Gasteiger charge is -2.33. The lowest BCUT2D eigenvalue weighted by molar-refractivity contribution is -0.121. The third-order valence-electron chi connectivity index (χ3n) is 6.52. The van der Waals surface area contributed by atoms with Gasteiger partial charge in [-0.05, 0) is 54.2 Å². The van der Waals surface area contributed by atoms with Gasteiger partial charge < -0.3 is 10.3 Å². The fourth-order valence-electron chi connectivity index (χ4n) is 4.41. The summed E-state index contributed by atoms with van der Waals surface area (Å²) in [6.45, 7) is 9.44. The van der Waals surface area contributed by atoms with Crippen LogP contribution in [0.4, 0.5) is 0 Å². The number of hydrogen-bond donors (Lipinski definition) is 2. The molecule has 5 nitrogen and oxygen atoms in total. The highest BCUT2D eigenvalue weighted by molar-refractivity contribution is 7.18. The smallest absolute Gasteiger partial charge is 0.259 e. The molecule has 2 heterocycles. The highest BCUT2D eigenvalue weighted by Crippen LogP contribution is 2.41. The first kappa shape index (κ1) is 21.8. The number of benzene rings is 1. The summed E-state index contributed by atoms with van der Waals surface area (Å²) in [5, 5.41) is 3.73. The zero-order valence-electron chi connectivity index (χ0n) is 18.8. The average Bonchev–Trinajstić information content (AvgIpc) is 3.09. The Bertz CT molecular complexity index is 1170. The molecule has 1 atom stereocenters. The summed E-state index contributed by atoms with van der Waals surface area (Å²) in [5.41, 5.74) is 3.67. The summed E-state index contributed by atoms with van der Waals surface area (Å²) in [4.78, 5) is 34.9. The van der Waals surface area contributed by atoms with E-state index in [-0.39, 0.29) is 16.9 Å². The number of aryl methyl sites for hydroxylation is 3. The maximum absolute atomic E-state index is 12.8. The van der Waals surface area contributed by atoms with Gasteiger partial charge in [0, 0.05) is 24.3 Å². The van der Waals surface area contributed by atoms with Gasteiger partial charge in [0.25, 0.3) is 5.56 Å². The maximum Gasteiger partial charge on any atom is 0.259 e. The lowest BCUT2D eigenvalue weighted by atomic mass is 9.72. The van der Waals surface area contributed by atoms with Gasteiger partial charge in [0.1, 0.15) is 10.7 Å². The summed E-state index contributed by atoms with van der Waals surface area (Å²) in [6, 6.07) is 8.02. The first-order chi connectivity index (χ1) is 14.7. The van der Waals surface area contributed by atoms with Gasteiger partial charge in [0.05, 0.1) is 5.39 Å². The van der Waals surface area contributed by atoms with Crippen LogP contribution in [0.15, 0.2) is 29.1 Å². The van der Waals surface area contributed by atoms with Crippen LogP contribution in [0.25, 0.3) is 10.2 Å². The Balaban J connectivity index is 1.44. The number of aromatic nitrogens is 2. The third-order valence-corrected chi connectivity index (χ3v) is 7.67. The van der Waals surface area contributed by atoms with Crippen molar-refractivity contribution in [2.45, 2.75) is 66.3 Å². The molecule has 3 aromatic rings. The van der Waals surface area contributed by atoms with E-state index >= 15 is 0 Å². The molecule has 0 radical (unpaired) electrons. The van der Waals surface area contributed by atoms with Crippen molar-refractivity contribution in [3.63, 3.8) is 0 Å². The molecule has 2 N–H and O–H groups in total. The molecule has 1 aliphatic carbocycles. The monoisotopic (exact) mass is 437 g/mol. The van der Waals surface area contributed by atoms with Gasteiger partial charge in [0.2, 0.25) is 5.91 Å². The number of nitrogens with zero attached hydrogens (tertiary/aromatic N) is 1. The van der Waals surface area contributed by atoms with Crippen molar-refractivity contribution in [3.05, 3.63) is 62.0 Å². The number of fused-ring (bicyclic) bond motifs is 3. The second-order valence-corrected chi connectivity index (χ2v) is 10.8. The van der Waals surface area contributed by atoms with Gasteiger partial charge in [0.15, 0.2) is 0 Å². The average molecular weight is 438 g/mol. The Morgan fingerprint density at radius 3 is 2.81 bits per heavy atom. The number of H-pyrrole nitrogens is 1. The molecule has 0 fully saturated rings. The summed E-state index contributed by atoms with van der Waals surface area (Å²) in [6.07, 6.45) is 3.82. The van der Waals surface area contributed by atoms with Crippen LogP contribution < -0.4 is 10.9 Å². The predicted octanol–water partition coefficient (Wildman–Crippen LogP) is 4.69. The molecular formula is C25H31N3O2S. The molecule has 2 aromatic heterocycles. The second kappa shape index (κ2) is 8.58. The predicted molar refractivity (Wildman–Crippen MR) is 127 cm³/mol. The number of carbonyl (C=O) groups excluding carboxylic acids is 1. The molecule has 0 saturated carbocycles. The Morgan fingerprint density at radius 1 is 1.29 bits per heavy atom. The molecule has 1 aromatic carbocycles. The third kappa shape index (κ3) is 4.74. The van der Waals surface area contributed by atoms with E-state index in [1.807, 2.05) is 31.2 Å². The summed E-state index contributed by atoms with van der Waals surface area (Å²) in [7, 11) is 0. The van der Waals surface area contributed by atoms with Crippen molar-refractivity contribution in [1.82, 2.24) is 15.3 Å². The first-order valence-corrected chi connectivity index (χ1v) is 11.9. The van der Waals surface area contributed by atoms with Crippen molar-refractivity contribution in [1.29, 1.82) is 0 Å². The normalized spacial score (nSPS) is 16.3. The SMILES string of the molecule is Cc1ccccc1CNC(=O)CCc1nc2sc3c(c2c(=O)[nH]1)CCC(C(C)(C)C)C3. The maximum atomic E-state index is 12.8. The van der Waals surface area contributed by atoms with E-state index in [1.165, 1.54) is 10.4 Å². The minimum absolute atomic E-state index is 0.0375. The quantitative estimate of drug-likeness (QED) is 0.608. The molecule has 1 amide bonds. The van der Waals surface area contributed by atoms with Gasteiger partial charge in [-0.2, -0.15) is 0 Å². The zero-order valence-corrected chi connectivity index (χ0v) is 19.6. The molecular weight excluding hydrogens is 406 g/mol. The molecule has 1 aliphatic rings. The highest BCUT2D eigenvalue weighted by atomic mass is 32.1. The van der Waals surface area contributed by atoms with Gasteiger partial charge in [-0.15, -0.1) is 11.3 Å². The van der Waals surface area contributed by atoms with Crippen LogP contribution in [0.3, 0.4) is 0 Å². The first-order valence-electron chi connectivity index (χ1n) is 11.1. The fourth-order valence-corrected chi connectivity index (χ4v) is 5.73. The van der Waals surface area contributed by atoms with Crippen LogP contribution in [0.5, 0.6) is 0 Å². The van der Waals surface area contributed by atoms with Crippen molar-refractivity contribution >= 4 is 27.5 Å². The summed E-state index contributed by atoms with van der Waals surface area (Å²) >= 11 is 1.66. The Labute approximate surface area is 187 Å². The van der Waals surface area contributed by atoms with Gasteiger partial charge in [-0.1, -0.05) is 45.0 Å². The zero-order chi connectivity index (χ0) is 22.2. The summed E-state index contributed by atoms with van der Waals surface area (Å²) < 4.78 is 0. The Kier molecular flexibility index (Phi) is 6.02. The second-order valence-electron chi connectivity index (χ2n) is 9.71. The summed E-state index contributed by atoms with van der Waals surface area (Å²) in [5.74, 6) is 1.18. The van der Waals surface area contributed by atoms with Gasteiger partial charge in [-0.25, -0.2) is 4.98 Å². The lowest BCUT2D eigenvalue weighted by Crippen LogP contribution is -2.26. The van der Waals surface area contributed by atoms with Crippen LogP contribution in [-0.4, -0.2) is 15.9 Å². The minimum Gasteiger partial charge on any atom is -0.352 e. The van der Waals surface area contributed by atoms with Crippen molar-refractivity contribution < 1.29 is 4.79 Å². The van der Waals surface area contributed by atoms with E-state index < -0.39 is 0 Å². The number of carbonyl (C=O) groups is 1. The number of amides is 1. The Hall–Kier alpha value is -2.47. The molecule has 1 unspecified atom stereocenters. The van der Waals surface area contributed by atoms with Gasteiger partial charge in [-0.3, -0.25) is 9.59 Å². The topological polar surface area (TPSA) is 74.8 Å². The van der Waals surface area contributed by atoms with Crippen LogP contribution in [0.2, 0.25) is 0 Å². The number of nitrogens with one attached hydrogen (secondary N) is 2. The Morgan fingerprint density at radius 2 is 2.06 bits per heavy atom. The number of thiophene rings is 1. The van der Waals surface area contributed by atoms with E-state index in [9.17, 15) is 9.59 Å². The van der Waals surface area contributed by atoms with E-state index in [0.717, 1.165) is 40.6 Å². The largest absolute Gasteiger partial charge is 0.352 e. The number of aromatic amines is 1. The number of rotatable bonds is 5. The van der Waals surface area contributed by atoms with E-state index in [2.05, 4.69) is 31.1 Å². The van der Waals surface area contributed by atoms with Crippen LogP contribution >= 0.6 is 11.3 Å².